The van der Waals surface area contributed by atoms with Crippen LogP contribution in [0, 0.1) is 0 Å². The second kappa shape index (κ2) is 4.14. The summed E-state index contributed by atoms with van der Waals surface area (Å²) in [6.45, 7) is 0. The number of halogens is 1. The second-order valence-corrected chi connectivity index (χ2v) is 5.79. The van der Waals surface area contributed by atoms with Crippen molar-refractivity contribution in [3.63, 3.8) is 0 Å². The van der Waals surface area contributed by atoms with Crippen LogP contribution in [0.15, 0.2) is 24.3 Å². The fraction of sp³-hybridized carbons (Fsp3) is 0.462. The van der Waals surface area contributed by atoms with Gasteiger partial charge in [-0.3, -0.25) is 0 Å². The minimum absolute atomic E-state index is 0.130. The summed E-state index contributed by atoms with van der Waals surface area (Å²) < 4.78 is 0. The van der Waals surface area contributed by atoms with E-state index in [2.05, 4.69) is 22.8 Å². The van der Waals surface area contributed by atoms with Gasteiger partial charge in [-0.05, 0) is 42.8 Å². The van der Waals surface area contributed by atoms with Gasteiger partial charge in [0, 0.05) is 5.02 Å². The Kier molecular flexibility index (Phi) is 2.75. The third-order valence-corrected chi connectivity index (χ3v) is 4.36. The number of rotatable bonds is 1. The molecule has 1 aliphatic heterocycles. The zero-order chi connectivity index (χ0) is 11.9. The lowest BCUT2D eigenvalue weighted by Crippen LogP contribution is -2.42. The molecule has 2 fully saturated rings. The molecule has 17 heavy (non-hydrogen) atoms. The maximum atomic E-state index is 5.94. The molecule has 1 heterocycles. The molecule has 1 aromatic carbocycles. The molecular weight excluding hydrogens is 252 g/mol. The predicted octanol–water partition coefficient (Wildman–Crippen LogP) is 3.17. The maximum Gasteiger partial charge on any atom is 0.167 e. The van der Waals surface area contributed by atoms with Crippen LogP contribution in [0.4, 0.5) is 0 Å². The van der Waals surface area contributed by atoms with Gasteiger partial charge in [-0.25, -0.2) is 0 Å². The van der Waals surface area contributed by atoms with E-state index in [1.165, 1.54) is 31.2 Å². The Morgan fingerprint density at radius 2 is 1.82 bits per heavy atom. The van der Waals surface area contributed by atoms with E-state index in [1.807, 2.05) is 12.1 Å². The van der Waals surface area contributed by atoms with Crippen LogP contribution in [0.3, 0.4) is 0 Å². The van der Waals surface area contributed by atoms with Crippen LogP contribution in [0.25, 0.3) is 0 Å². The van der Waals surface area contributed by atoms with Crippen molar-refractivity contribution >= 4 is 28.9 Å². The highest BCUT2D eigenvalue weighted by Crippen LogP contribution is 2.42. The van der Waals surface area contributed by atoms with Crippen molar-refractivity contribution in [3.8, 4) is 0 Å². The SMILES string of the molecule is S=C1NC(c2ccc(Cl)cc2)C2(CCCC2)N1. The van der Waals surface area contributed by atoms with E-state index in [0.29, 0.717) is 0 Å². The van der Waals surface area contributed by atoms with E-state index in [9.17, 15) is 0 Å². The van der Waals surface area contributed by atoms with Gasteiger partial charge < -0.3 is 10.6 Å². The normalized spacial score (nSPS) is 25.9. The van der Waals surface area contributed by atoms with Crippen LogP contribution in [0.5, 0.6) is 0 Å². The molecule has 1 saturated carbocycles. The van der Waals surface area contributed by atoms with Crippen molar-refractivity contribution in [1.29, 1.82) is 0 Å². The quantitative estimate of drug-likeness (QED) is 0.764. The molecule has 2 aliphatic rings. The lowest BCUT2D eigenvalue weighted by atomic mass is 9.85. The Hall–Kier alpha value is -0.800. The van der Waals surface area contributed by atoms with Crippen LogP contribution < -0.4 is 10.6 Å². The van der Waals surface area contributed by atoms with Gasteiger partial charge in [-0.2, -0.15) is 0 Å². The summed E-state index contributed by atoms with van der Waals surface area (Å²) in [5, 5.41) is 8.44. The van der Waals surface area contributed by atoms with Crippen LogP contribution in [-0.4, -0.2) is 10.7 Å². The molecule has 0 bridgehead atoms. The molecule has 90 valence electrons. The Morgan fingerprint density at radius 1 is 1.18 bits per heavy atom. The molecule has 1 aliphatic carbocycles. The number of hydrogen-bond acceptors (Lipinski definition) is 1. The Labute approximate surface area is 112 Å². The average Bonchev–Trinajstić information content (AvgIpc) is 2.89. The molecule has 1 unspecified atom stereocenters. The molecule has 1 aromatic rings. The Morgan fingerprint density at radius 3 is 2.47 bits per heavy atom. The summed E-state index contributed by atoms with van der Waals surface area (Å²) in [6.07, 6.45) is 4.93. The average molecular weight is 267 g/mol. The molecule has 0 aromatic heterocycles. The van der Waals surface area contributed by atoms with Crippen LogP contribution in [-0.2, 0) is 0 Å². The van der Waals surface area contributed by atoms with E-state index in [-0.39, 0.29) is 11.6 Å². The Bertz CT molecular complexity index is 437. The van der Waals surface area contributed by atoms with E-state index >= 15 is 0 Å². The fourth-order valence-corrected chi connectivity index (χ4v) is 3.53. The second-order valence-electron chi connectivity index (χ2n) is 4.95. The number of benzene rings is 1. The first-order valence-electron chi connectivity index (χ1n) is 6.04. The van der Waals surface area contributed by atoms with Gasteiger partial charge in [-0.15, -0.1) is 0 Å². The minimum atomic E-state index is 0.130. The minimum Gasteiger partial charge on any atom is -0.355 e. The zero-order valence-electron chi connectivity index (χ0n) is 9.50. The molecule has 3 rings (SSSR count). The summed E-state index contributed by atoms with van der Waals surface area (Å²) in [6, 6.07) is 8.37. The Balaban J connectivity index is 1.95. The molecule has 1 spiro atoms. The van der Waals surface area contributed by atoms with Gasteiger partial charge in [-0.1, -0.05) is 36.6 Å². The van der Waals surface area contributed by atoms with Gasteiger partial charge in [0.2, 0.25) is 0 Å². The monoisotopic (exact) mass is 266 g/mol. The highest BCUT2D eigenvalue weighted by molar-refractivity contribution is 7.80. The molecule has 1 saturated heterocycles. The molecule has 0 amide bonds. The van der Waals surface area contributed by atoms with Crippen LogP contribution in [0.2, 0.25) is 5.02 Å². The first kappa shape index (κ1) is 11.3. The molecule has 4 heteroatoms. The summed E-state index contributed by atoms with van der Waals surface area (Å²) in [4.78, 5) is 0. The van der Waals surface area contributed by atoms with E-state index in [4.69, 9.17) is 23.8 Å². The standard InChI is InChI=1S/C13H15ClN2S/c14-10-5-3-9(4-6-10)11-13(7-1-2-8-13)16-12(17)15-11/h3-6,11H,1-2,7-8H2,(H2,15,16,17). The van der Waals surface area contributed by atoms with Crippen molar-refractivity contribution in [2.24, 2.45) is 0 Å². The molecule has 1 atom stereocenters. The molecular formula is C13H15ClN2S. The molecule has 2 nitrogen and oxygen atoms in total. The maximum absolute atomic E-state index is 5.94. The summed E-state index contributed by atoms with van der Waals surface area (Å²) >= 11 is 11.2. The largest absolute Gasteiger partial charge is 0.355 e. The highest BCUT2D eigenvalue weighted by Gasteiger charge is 2.47. The van der Waals surface area contributed by atoms with Crippen molar-refractivity contribution in [2.75, 3.05) is 0 Å². The summed E-state index contributed by atoms with van der Waals surface area (Å²) in [7, 11) is 0. The third-order valence-electron chi connectivity index (χ3n) is 3.89. The van der Waals surface area contributed by atoms with Crippen molar-refractivity contribution in [1.82, 2.24) is 10.6 Å². The van der Waals surface area contributed by atoms with E-state index in [1.54, 1.807) is 0 Å². The number of hydrogen-bond donors (Lipinski definition) is 2. The lowest BCUT2D eigenvalue weighted by Gasteiger charge is -2.30. The van der Waals surface area contributed by atoms with Gasteiger partial charge in [0.1, 0.15) is 0 Å². The topological polar surface area (TPSA) is 24.1 Å². The zero-order valence-corrected chi connectivity index (χ0v) is 11.1. The van der Waals surface area contributed by atoms with Gasteiger partial charge in [0.15, 0.2) is 5.11 Å². The van der Waals surface area contributed by atoms with E-state index in [0.717, 1.165) is 10.1 Å². The predicted molar refractivity (Wildman–Crippen MR) is 74.3 cm³/mol. The smallest absolute Gasteiger partial charge is 0.167 e. The highest BCUT2D eigenvalue weighted by atomic mass is 35.5. The fourth-order valence-electron chi connectivity index (χ4n) is 3.08. The number of thiocarbonyl (C=S) groups is 1. The summed E-state index contributed by atoms with van der Waals surface area (Å²) in [5.74, 6) is 0. The van der Waals surface area contributed by atoms with Crippen molar-refractivity contribution in [2.45, 2.75) is 37.3 Å². The van der Waals surface area contributed by atoms with E-state index < -0.39 is 0 Å². The van der Waals surface area contributed by atoms with Gasteiger partial charge >= 0.3 is 0 Å². The molecule has 0 radical (unpaired) electrons. The number of nitrogens with one attached hydrogen (secondary N) is 2. The lowest BCUT2D eigenvalue weighted by molar-refractivity contribution is 0.342. The summed E-state index contributed by atoms with van der Waals surface area (Å²) in [5.41, 5.74) is 1.40. The van der Waals surface area contributed by atoms with Gasteiger partial charge in [0.05, 0.1) is 11.6 Å². The van der Waals surface area contributed by atoms with Crippen molar-refractivity contribution < 1.29 is 0 Å². The van der Waals surface area contributed by atoms with Crippen LogP contribution >= 0.6 is 23.8 Å². The first-order chi connectivity index (χ1) is 8.20. The molecule has 2 N–H and O–H groups in total. The van der Waals surface area contributed by atoms with Gasteiger partial charge in [0.25, 0.3) is 0 Å². The van der Waals surface area contributed by atoms with Crippen molar-refractivity contribution in [3.05, 3.63) is 34.9 Å². The first-order valence-corrected chi connectivity index (χ1v) is 6.82. The van der Waals surface area contributed by atoms with Crippen LogP contribution in [0.1, 0.15) is 37.3 Å². The third kappa shape index (κ3) is 1.91.